The largest absolute Gasteiger partial charge is 0.493 e. The molecule has 0 saturated heterocycles. The van der Waals surface area contributed by atoms with Gasteiger partial charge in [0.05, 0.1) is 13.7 Å². The second-order valence-electron chi connectivity index (χ2n) is 6.76. The maximum absolute atomic E-state index is 13.0. The average molecular weight is 413 g/mol. The van der Waals surface area contributed by atoms with E-state index < -0.39 is 0 Å². The number of amides is 2. The average Bonchev–Trinajstić information content (AvgIpc) is 2.94. The summed E-state index contributed by atoms with van der Waals surface area (Å²) in [5.41, 5.74) is 1.37. The van der Waals surface area contributed by atoms with E-state index in [4.69, 9.17) is 14.2 Å². The third-order valence-corrected chi connectivity index (χ3v) is 4.71. The topological polar surface area (TPSA) is 90.0 Å². The van der Waals surface area contributed by atoms with E-state index in [1.54, 1.807) is 36.4 Å². The maximum atomic E-state index is 13.0. The first-order valence-electron chi connectivity index (χ1n) is 10.1. The molecule has 0 saturated carbocycles. The van der Waals surface area contributed by atoms with Crippen LogP contribution in [0.15, 0.2) is 36.5 Å². The fraction of sp³-hybridized carbons (Fsp3) is 0.409. The van der Waals surface area contributed by atoms with Crippen molar-refractivity contribution in [2.45, 2.75) is 32.7 Å². The lowest BCUT2D eigenvalue weighted by atomic mass is 10.1. The number of para-hydroxylation sites is 1. The van der Waals surface area contributed by atoms with Gasteiger partial charge in [0.1, 0.15) is 5.69 Å². The van der Waals surface area contributed by atoms with E-state index in [2.05, 4.69) is 10.3 Å². The van der Waals surface area contributed by atoms with Crippen molar-refractivity contribution in [1.29, 1.82) is 0 Å². The van der Waals surface area contributed by atoms with Crippen LogP contribution in [0.3, 0.4) is 0 Å². The highest BCUT2D eigenvalue weighted by Gasteiger charge is 2.27. The highest BCUT2D eigenvalue weighted by molar-refractivity contribution is 5.96. The van der Waals surface area contributed by atoms with E-state index in [0.29, 0.717) is 49.4 Å². The van der Waals surface area contributed by atoms with Gasteiger partial charge < -0.3 is 24.4 Å². The highest BCUT2D eigenvalue weighted by Crippen LogP contribution is 2.42. The smallest absolute Gasteiger partial charge is 0.243 e. The Labute approximate surface area is 176 Å². The lowest BCUT2D eigenvalue weighted by Crippen LogP contribution is -2.32. The minimum absolute atomic E-state index is 0.0882. The van der Waals surface area contributed by atoms with Crippen molar-refractivity contribution in [3.63, 3.8) is 0 Å². The summed E-state index contributed by atoms with van der Waals surface area (Å²) in [6.45, 7) is 4.04. The zero-order valence-corrected chi connectivity index (χ0v) is 17.3. The molecule has 1 N–H and O–H groups in total. The maximum Gasteiger partial charge on any atom is 0.243 e. The second kappa shape index (κ2) is 10.6. The molecule has 2 aromatic rings. The molecule has 2 heterocycles. The summed E-state index contributed by atoms with van der Waals surface area (Å²) in [7, 11) is 1.57. The number of hydrogen-bond acceptors (Lipinski definition) is 6. The Morgan fingerprint density at radius 3 is 2.90 bits per heavy atom. The van der Waals surface area contributed by atoms with Crippen molar-refractivity contribution in [2.75, 3.05) is 31.8 Å². The summed E-state index contributed by atoms with van der Waals surface area (Å²) in [6, 6.07) is 9.07. The van der Waals surface area contributed by atoms with Gasteiger partial charge in [0.2, 0.25) is 17.7 Å². The second-order valence-corrected chi connectivity index (χ2v) is 6.76. The van der Waals surface area contributed by atoms with Crippen molar-refractivity contribution in [3.05, 3.63) is 42.1 Å². The van der Waals surface area contributed by atoms with Crippen molar-refractivity contribution in [3.8, 4) is 17.4 Å². The molecule has 0 radical (unpaired) electrons. The van der Waals surface area contributed by atoms with Gasteiger partial charge in [-0.3, -0.25) is 9.59 Å². The van der Waals surface area contributed by atoms with Crippen LogP contribution in [0.25, 0.3) is 0 Å². The molecule has 1 aliphatic rings. The van der Waals surface area contributed by atoms with E-state index in [-0.39, 0.29) is 24.7 Å². The fourth-order valence-corrected chi connectivity index (χ4v) is 3.19. The molecule has 2 amide bonds. The van der Waals surface area contributed by atoms with Gasteiger partial charge >= 0.3 is 0 Å². The number of aromatic nitrogens is 1. The summed E-state index contributed by atoms with van der Waals surface area (Å²) in [5, 5.41) is 2.82. The number of benzene rings is 1. The van der Waals surface area contributed by atoms with Gasteiger partial charge in [-0.1, -0.05) is 12.1 Å². The highest BCUT2D eigenvalue weighted by atomic mass is 16.5. The van der Waals surface area contributed by atoms with Crippen LogP contribution in [-0.4, -0.2) is 43.7 Å². The molecule has 160 valence electrons. The Kier molecular flexibility index (Phi) is 7.62. The van der Waals surface area contributed by atoms with E-state index in [1.165, 1.54) is 0 Å². The fourth-order valence-electron chi connectivity index (χ4n) is 3.19. The predicted octanol–water partition coefficient (Wildman–Crippen LogP) is 3.05. The first-order valence-corrected chi connectivity index (χ1v) is 10.1. The van der Waals surface area contributed by atoms with Crippen LogP contribution in [0.1, 0.15) is 31.7 Å². The predicted molar refractivity (Wildman–Crippen MR) is 112 cm³/mol. The van der Waals surface area contributed by atoms with E-state index in [1.807, 2.05) is 19.1 Å². The summed E-state index contributed by atoms with van der Waals surface area (Å²) in [4.78, 5) is 31.0. The molecule has 1 aromatic carbocycles. The van der Waals surface area contributed by atoms with Crippen LogP contribution in [0.4, 0.5) is 5.69 Å². The Hall–Kier alpha value is -3.13. The lowest BCUT2D eigenvalue weighted by Gasteiger charge is -2.21. The number of hydrogen-bond donors (Lipinski definition) is 1. The summed E-state index contributed by atoms with van der Waals surface area (Å²) >= 11 is 0. The first-order chi connectivity index (χ1) is 14.6. The monoisotopic (exact) mass is 413 g/mol. The molecular weight excluding hydrogens is 386 g/mol. The summed E-state index contributed by atoms with van der Waals surface area (Å²) in [5.74, 6) is 1.12. The molecule has 30 heavy (non-hydrogen) atoms. The van der Waals surface area contributed by atoms with E-state index in [9.17, 15) is 9.59 Å². The van der Waals surface area contributed by atoms with Crippen molar-refractivity contribution in [2.24, 2.45) is 0 Å². The van der Waals surface area contributed by atoms with Crippen LogP contribution < -0.4 is 19.7 Å². The van der Waals surface area contributed by atoms with Gasteiger partial charge in [-0.05, 0) is 31.5 Å². The first kappa shape index (κ1) is 21.6. The molecule has 0 unspecified atom stereocenters. The molecular formula is C22H27N3O5. The van der Waals surface area contributed by atoms with E-state index >= 15 is 0 Å². The minimum atomic E-state index is -0.173. The van der Waals surface area contributed by atoms with Crippen molar-refractivity contribution in [1.82, 2.24) is 10.3 Å². The van der Waals surface area contributed by atoms with Crippen LogP contribution in [0.5, 0.6) is 17.4 Å². The van der Waals surface area contributed by atoms with Crippen LogP contribution in [-0.2, 0) is 20.9 Å². The Bertz CT molecular complexity index is 887. The number of fused-ring (bicyclic) bond motifs is 2. The quantitative estimate of drug-likeness (QED) is 0.636. The van der Waals surface area contributed by atoms with E-state index in [0.717, 1.165) is 12.0 Å². The summed E-state index contributed by atoms with van der Waals surface area (Å²) in [6.07, 6.45) is 2.56. The third kappa shape index (κ3) is 5.27. The number of pyridine rings is 1. The van der Waals surface area contributed by atoms with Gasteiger partial charge in [-0.15, -0.1) is 0 Å². The van der Waals surface area contributed by atoms with Crippen molar-refractivity contribution < 1.29 is 23.8 Å². The number of anilines is 1. The number of ether oxygens (including phenoxy) is 3. The molecule has 1 aliphatic heterocycles. The zero-order valence-electron chi connectivity index (χ0n) is 17.3. The SMILES string of the molecule is CCOCCCNC(=O)CCC(=O)N1Cc2cccc(OC)c2Oc2ncccc21. The molecule has 8 nitrogen and oxygen atoms in total. The molecule has 1 aromatic heterocycles. The Morgan fingerprint density at radius 1 is 1.23 bits per heavy atom. The number of carbonyl (C=O) groups is 2. The number of nitrogens with zero attached hydrogens (tertiary/aromatic N) is 2. The molecule has 0 spiro atoms. The minimum Gasteiger partial charge on any atom is -0.493 e. The number of carbonyl (C=O) groups excluding carboxylic acids is 2. The number of nitrogens with one attached hydrogen (secondary N) is 1. The molecule has 0 atom stereocenters. The molecule has 8 heteroatoms. The standard InChI is InChI=1S/C22H27N3O5/c1-3-29-14-6-13-23-19(26)10-11-20(27)25-15-16-7-4-9-18(28-2)21(16)30-22-17(25)8-5-12-24-22/h4-5,7-9,12H,3,6,10-11,13-15H2,1-2H3,(H,23,26). The zero-order chi connectivity index (χ0) is 21.3. The third-order valence-electron chi connectivity index (χ3n) is 4.71. The molecule has 0 fully saturated rings. The van der Waals surface area contributed by atoms with Crippen LogP contribution >= 0.6 is 0 Å². The van der Waals surface area contributed by atoms with Gasteiger partial charge in [-0.2, -0.15) is 0 Å². The van der Waals surface area contributed by atoms with Crippen LogP contribution in [0, 0.1) is 0 Å². The molecule has 3 rings (SSSR count). The Morgan fingerprint density at radius 2 is 2.10 bits per heavy atom. The normalized spacial score (nSPS) is 12.3. The van der Waals surface area contributed by atoms with Gasteiger partial charge in [0, 0.05) is 44.4 Å². The lowest BCUT2D eigenvalue weighted by molar-refractivity contribution is -0.125. The van der Waals surface area contributed by atoms with Gasteiger partial charge in [0.25, 0.3) is 0 Å². The number of rotatable bonds is 9. The summed E-state index contributed by atoms with van der Waals surface area (Å²) < 4.78 is 16.6. The Balaban J connectivity index is 1.68. The van der Waals surface area contributed by atoms with Crippen LogP contribution in [0.2, 0.25) is 0 Å². The molecule has 0 bridgehead atoms. The van der Waals surface area contributed by atoms with Gasteiger partial charge in [-0.25, -0.2) is 4.98 Å². The number of methoxy groups -OCH3 is 1. The van der Waals surface area contributed by atoms with Gasteiger partial charge in [0.15, 0.2) is 11.5 Å². The molecule has 0 aliphatic carbocycles. The van der Waals surface area contributed by atoms with Crippen molar-refractivity contribution >= 4 is 17.5 Å².